The first-order valence-electron chi connectivity index (χ1n) is 9.87. The number of nitrogens with one attached hydrogen (secondary N) is 1. The van der Waals surface area contributed by atoms with Crippen molar-refractivity contribution in [2.24, 2.45) is 0 Å². The van der Waals surface area contributed by atoms with Crippen molar-refractivity contribution in [1.29, 1.82) is 0 Å². The van der Waals surface area contributed by atoms with Crippen LogP contribution in [0.2, 0.25) is 0 Å². The Morgan fingerprint density at radius 1 is 1.00 bits per heavy atom. The van der Waals surface area contributed by atoms with Gasteiger partial charge in [-0.1, -0.05) is 36.4 Å². The zero-order valence-corrected chi connectivity index (χ0v) is 16.5. The lowest BCUT2D eigenvalue weighted by Gasteiger charge is -2.27. The number of ether oxygens (including phenoxy) is 1. The molecule has 0 unspecified atom stereocenters. The molecule has 8 nitrogen and oxygen atoms in total. The van der Waals surface area contributed by atoms with Gasteiger partial charge in [0.2, 0.25) is 0 Å². The minimum Gasteiger partial charge on any atom is -0.378 e. The summed E-state index contributed by atoms with van der Waals surface area (Å²) in [6.07, 6.45) is 1.76. The van der Waals surface area contributed by atoms with Crippen LogP contribution >= 0.6 is 0 Å². The summed E-state index contributed by atoms with van der Waals surface area (Å²) in [5.74, 6) is 0.567. The van der Waals surface area contributed by atoms with E-state index in [1.54, 1.807) is 6.20 Å². The summed E-state index contributed by atoms with van der Waals surface area (Å²) in [5.41, 5.74) is 1.77. The van der Waals surface area contributed by atoms with Gasteiger partial charge in [-0.2, -0.15) is 5.10 Å². The Bertz CT molecular complexity index is 1040. The van der Waals surface area contributed by atoms with Gasteiger partial charge in [-0.15, -0.1) is 0 Å². The summed E-state index contributed by atoms with van der Waals surface area (Å²) in [7, 11) is 0. The van der Waals surface area contributed by atoms with Crippen molar-refractivity contribution >= 4 is 11.7 Å². The second-order valence-electron chi connectivity index (χ2n) is 7.01. The summed E-state index contributed by atoms with van der Waals surface area (Å²) >= 11 is 0. The molecule has 0 radical (unpaired) electrons. The summed E-state index contributed by atoms with van der Waals surface area (Å²) in [5, 5.41) is 7.05. The maximum absolute atomic E-state index is 12.5. The Morgan fingerprint density at radius 2 is 1.80 bits per heavy atom. The Labute approximate surface area is 174 Å². The Hall–Kier alpha value is -3.52. The average Bonchev–Trinajstić information content (AvgIpc) is 2.80. The van der Waals surface area contributed by atoms with E-state index in [1.165, 1.54) is 16.8 Å². The molecular formula is C22H23N5O3. The summed E-state index contributed by atoms with van der Waals surface area (Å²) in [6.45, 7) is 3.71. The molecule has 3 aromatic rings. The molecule has 1 aliphatic rings. The van der Waals surface area contributed by atoms with Crippen molar-refractivity contribution in [2.75, 3.05) is 31.2 Å². The van der Waals surface area contributed by atoms with E-state index in [9.17, 15) is 9.59 Å². The molecule has 0 saturated carbocycles. The highest BCUT2D eigenvalue weighted by Gasteiger charge is 2.13. The van der Waals surface area contributed by atoms with Gasteiger partial charge in [-0.3, -0.25) is 9.59 Å². The highest BCUT2D eigenvalue weighted by Crippen LogP contribution is 2.13. The maximum atomic E-state index is 12.5. The normalized spacial score (nSPS) is 13.8. The van der Waals surface area contributed by atoms with Crippen LogP contribution in [0.15, 0.2) is 65.6 Å². The molecule has 1 amide bonds. The molecule has 1 fully saturated rings. The minimum atomic E-state index is -0.339. The van der Waals surface area contributed by atoms with Crippen LogP contribution in [-0.4, -0.2) is 47.0 Å². The largest absolute Gasteiger partial charge is 0.378 e. The number of pyridine rings is 1. The molecule has 0 atom stereocenters. The maximum Gasteiger partial charge on any atom is 0.271 e. The molecule has 154 valence electrons. The second kappa shape index (κ2) is 9.32. The third kappa shape index (κ3) is 4.90. The molecule has 0 bridgehead atoms. The highest BCUT2D eigenvalue weighted by atomic mass is 16.5. The molecule has 8 heteroatoms. The predicted octanol–water partition coefficient (Wildman–Crippen LogP) is 1.45. The first-order valence-corrected chi connectivity index (χ1v) is 9.87. The smallest absolute Gasteiger partial charge is 0.271 e. The van der Waals surface area contributed by atoms with Crippen LogP contribution in [0, 0.1) is 0 Å². The van der Waals surface area contributed by atoms with Gasteiger partial charge in [0, 0.05) is 31.9 Å². The number of hydrogen-bond acceptors (Lipinski definition) is 6. The van der Waals surface area contributed by atoms with E-state index in [4.69, 9.17) is 4.74 Å². The lowest BCUT2D eigenvalue weighted by Crippen LogP contribution is -2.36. The number of aromatic nitrogens is 3. The highest BCUT2D eigenvalue weighted by molar-refractivity contribution is 5.91. The fourth-order valence-corrected chi connectivity index (χ4v) is 3.21. The zero-order chi connectivity index (χ0) is 20.8. The number of carbonyl (C=O) groups excluding carboxylic acids is 1. The van der Waals surface area contributed by atoms with Crippen molar-refractivity contribution in [3.05, 3.63) is 88.0 Å². The van der Waals surface area contributed by atoms with Gasteiger partial charge < -0.3 is 15.0 Å². The fraction of sp³-hybridized carbons (Fsp3) is 0.273. The molecular weight excluding hydrogens is 382 g/mol. The SMILES string of the molecule is O=C(NCc1ccc(N2CCOCC2)nc1)c1ccc(=O)n(Cc2ccccc2)n1. The van der Waals surface area contributed by atoms with Crippen molar-refractivity contribution in [3.63, 3.8) is 0 Å². The van der Waals surface area contributed by atoms with Gasteiger partial charge in [0.15, 0.2) is 0 Å². The topological polar surface area (TPSA) is 89.4 Å². The van der Waals surface area contributed by atoms with E-state index >= 15 is 0 Å². The van der Waals surface area contributed by atoms with E-state index in [1.807, 2.05) is 42.5 Å². The molecule has 30 heavy (non-hydrogen) atoms. The quantitative estimate of drug-likeness (QED) is 0.668. The number of morpholine rings is 1. The predicted molar refractivity (Wildman–Crippen MR) is 112 cm³/mol. The van der Waals surface area contributed by atoms with Gasteiger partial charge in [-0.25, -0.2) is 9.67 Å². The van der Waals surface area contributed by atoms with Gasteiger partial charge in [0.05, 0.1) is 19.8 Å². The zero-order valence-electron chi connectivity index (χ0n) is 16.5. The van der Waals surface area contributed by atoms with Crippen LogP contribution in [0.4, 0.5) is 5.82 Å². The van der Waals surface area contributed by atoms with Crippen LogP contribution in [0.5, 0.6) is 0 Å². The number of anilines is 1. The third-order valence-electron chi connectivity index (χ3n) is 4.87. The molecule has 1 N–H and O–H groups in total. The average molecular weight is 405 g/mol. The Morgan fingerprint density at radius 3 is 2.53 bits per heavy atom. The molecule has 0 spiro atoms. The van der Waals surface area contributed by atoms with Crippen molar-refractivity contribution in [3.8, 4) is 0 Å². The lowest BCUT2D eigenvalue weighted by atomic mass is 10.2. The number of hydrogen-bond donors (Lipinski definition) is 1. The molecule has 1 saturated heterocycles. The van der Waals surface area contributed by atoms with Crippen LogP contribution in [0.25, 0.3) is 0 Å². The van der Waals surface area contributed by atoms with Crippen LogP contribution in [-0.2, 0) is 17.8 Å². The van der Waals surface area contributed by atoms with Crippen LogP contribution in [0.1, 0.15) is 21.6 Å². The Kier molecular flexibility index (Phi) is 6.14. The summed E-state index contributed by atoms with van der Waals surface area (Å²) in [6, 6.07) is 16.2. The van der Waals surface area contributed by atoms with Crippen LogP contribution < -0.4 is 15.8 Å². The van der Waals surface area contributed by atoms with Gasteiger partial charge in [-0.05, 0) is 23.3 Å². The van der Waals surface area contributed by atoms with Crippen molar-refractivity contribution < 1.29 is 9.53 Å². The van der Waals surface area contributed by atoms with E-state index in [0.29, 0.717) is 26.3 Å². The number of nitrogens with zero attached hydrogens (tertiary/aromatic N) is 4. The lowest BCUT2D eigenvalue weighted by molar-refractivity contribution is 0.0943. The van der Waals surface area contributed by atoms with Gasteiger partial charge in [0.25, 0.3) is 11.5 Å². The van der Waals surface area contributed by atoms with Crippen molar-refractivity contribution in [2.45, 2.75) is 13.1 Å². The molecule has 4 rings (SSSR count). The van der Waals surface area contributed by atoms with Gasteiger partial charge in [0.1, 0.15) is 11.5 Å². The monoisotopic (exact) mass is 405 g/mol. The number of carbonyl (C=O) groups is 1. The summed E-state index contributed by atoms with van der Waals surface area (Å²) in [4.78, 5) is 31.3. The van der Waals surface area contributed by atoms with E-state index in [0.717, 1.165) is 30.0 Å². The minimum absolute atomic E-state index is 0.198. The van der Waals surface area contributed by atoms with E-state index < -0.39 is 0 Å². The van der Waals surface area contributed by atoms with Crippen LogP contribution in [0.3, 0.4) is 0 Å². The van der Waals surface area contributed by atoms with Crippen molar-refractivity contribution in [1.82, 2.24) is 20.1 Å². The Balaban J connectivity index is 1.38. The molecule has 2 aromatic heterocycles. The number of benzene rings is 1. The first kappa shape index (κ1) is 19.8. The number of rotatable bonds is 6. The second-order valence-corrected chi connectivity index (χ2v) is 7.01. The molecule has 1 aromatic carbocycles. The molecule has 1 aliphatic heterocycles. The summed E-state index contributed by atoms with van der Waals surface area (Å²) < 4.78 is 6.65. The van der Waals surface area contributed by atoms with E-state index in [2.05, 4.69) is 20.3 Å². The standard InChI is InChI=1S/C22H23N5O3/c28-21-9-7-19(25-27(21)16-17-4-2-1-3-5-17)22(29)24-15-18-6-8-20(23-14-18)26-10-12-30-13-11-26/h1-9,14H,10-13,15-16H2,(H,24,29). The first-order chi connectivity index (χ1) is 14.7. The fourth-order valence-electron chi connectivity index (χ4n) is 3.21. The number of amides is 1. The molecule has 0 aliphatic carbocycles. The van der Waals surface area contributed by atoms with E-state index in [-0.39, 0.29) is 17.2 Å². The molecule has 3 heterocycles. The third-order valence-corrected chi connectivity index (χ3v) is 4.87. The van der Waals surface area contributed by atoms with Gasteiger partial charge >= 0.3 is 0 Å².